The average Bonchev–Trinajstić information content (AvgIpc) is 2.14. The van der Waals surface area contributed by atoms with Crippen LogP contribution >= 0.6 is 10.7 Å². The molecule has 2 unspecified atom stereocenters. The molecule has 0 heterocycles. The number of alkyl halides is 3. The molecule has 0 saturated heterocycles. The molecule has 8 heteroatoms. The quantitative estimate of drug-likeness (QED) is 0.730. The van der Waals surface area contributed by atoms with Crippen molar-refractivity contribution < 1.29 is 26.3 Å². The summed E-state index contributed by atoms with van der Waals surface area (Å²) in [6.45, 7) is 0. The van der Waals surface area contributed by atoms with Gasteiger partial charge in [0.1, 0.15) is 5.25 Å². The molecule has 1 rings (SSSR count). The molecule has 96 valence electrons. The van der Waals surface area contributed by atoms with Gasteiger partial charge in [-0.05, 0) is 12.8 Å². The topological polar surface area (TPSA) is 43.4 Å². The van der Waals surface area contributed by atoms with Gasteiger partial charge in [-0.15, -0.1) is 0 Å². The lowest BCUT2D eigenvalue weighted by Crippen LogP contribution is -2.59. The van der Waals surface area contributed by atoms with Gasteiger partial charge in [-0.2, -0.15) is 13.2 Å². The van der Waals surface area contributed by atoms with E-state index in [0.717, 1.165) is 7.11 Å². The minimum atomic E-state index is -4.74. The molecule has 0 aromatic rings. The molecule has 0 N–H and O–H groups in total. The van der Waals surface area contributed by atoms with E-state index in [4.69, 9.17) is 10.7 Å². The summed E-state index contributed by atoms with van der Waals surface area (Å²) in [4.78, 5) is 0. The van der Waals surface area contributed by atoms with E-state index in [0.29, 0.717) is 6.42 Å². The zero-order valence-corrected chi connectivity index (χ0v) is 10.1. The monoisotopic (exact) mass is 280 g/mol. The Morgan fingerprint density at radius 1 is 1.38 bits per heavy atom. The summed E-state index contributed by atoms with van der Waals surface area (Å²) >= 11 is 0. The summed E-state index contributed by atoms with van der Waals surface area (Å²) in [7, 11) is 1.64. The highest BCUT2D eigenvalue weighted by molar-refractivity contribution is 8.14. The molecule has 16 heavy (non-hydrogen) atoms. The predicted molar refractivity (Wildman–Crippen MR) is 52.8 cm³/mol. The lowest BCUT2D eigenvalue weighted by Gasteiger charge is -2.42. The molecule has 1 saturated carbocycles. The van der Waals surface area contributed by atoms with Crippen LogP contribution in [0.3, 0.4) is 0 Å². The first kappa shape index (κ1) is 14.1. The Morgan fingerprint density at radius 2 is 1.94 bits per heavy atom. The fraction of sp³-hybridized carbons (Fsp3) is 1.00. The largest absolute Gasteiger partial charge is 0.418 e. The zero-order valence-electron chi connectivity index (χ0n) is 8.55. The first-order chi connectivity index (χ1) is 7.15. The van der Waals surface area contributed by atoms with E-state index >= 15 is 0 Å². The number of methoxy groups -OCH3 is 1. The van der Waals surface area contributed by atoms with E-state index in [9.17, 15) is 21.6 Å². The third-order valence-electron chi connectivity index (χ3n) is 2.97. The molecule has 1 fully saturated rings. The van der Waals surface area contributed by atoms with Gasteiger partial charge >= 0.3 is 6.18 Å². The molecule has 2 atom stereocenters. The Bertz CT molecular complexity index is 354. The van der Waals surface area contributed by atoms with Crippen LogP contribution < -0.4 is 0 Å². The molecule has 3 nitrogen and oxygen atoms in total. The van der Waals surface area contributed by atoms with Gasteiger partial charge in [-0.1, -0.05) is 12.8 Å². The molecule has 1 aliphatic carbocycles. The molecular formula is C8H12ClF3O3S. The highest BCUT2D eigenvalue weighted by Gasteiger charge is 2.64. The van der Waals surface area contributed by atoms with Gasteiger partial charge in [-0.3, -0.25) is 0 Å². The number of hydrogen-bond donors (Lipinski definition) is 0. The molecule has 0 radical (unpaired) electrons. The summed E-state index contributed by atoms with van der Waals surface area (Å²) in [6, 6.07) is 0. The van der Waals surface area contributed by atoms with Crippen LogP contribution in [0.1, 0.15) is 25.7 Å². The molecule has 0 aromatic heterocycles. The van der Waals surface area contributed by atoms with E-state index in [2.05, 4.69) is 4.74 Å². The maximum atomic E-state index is 12.9. The van der Waals surface area contributed by atoms with E-state index < -0.39 is 26.1 Å². The van der Waals surface area contributed by atoms with Gasteiger partial charge in [0.2, 0.25) is 9.05 Å². The van der Waals surface area contributed by atoms with Gasteiger partial charge in [0, 0.05) is 17.8 Å². The molecule has 0 aliphatic heterocycles. The van der Waals surface area contributed by atoms with Crippen LogP contribution in [-0.2, 0) is 13.8 Å². The summed E-state index contributed by atoms with van der Waals surface area (Å²) in [5, 5.41) is -1.72. The Balaban J connectivity index is 3.23. The number of hydrogen-bond acceptors (Lipinski definition) is 3. The van der Waals surface area contributed by atoms with Gasteiger partial charge in [0.15, 0.2) is 5.60 Å². The third kappa shape index (κ3) is 2.31. The minimum Gasteiger partial charge on any atom is -0.367 e. The van der Waals surface area contributed by atoms with Crippen LogP contribution in [0.25, 0.3) is 0 Å². The lowest BCUT2D eigenvalue weighted by atomic mass is 9.83. The van der Waals surface area contributed by atoms with Crippen molar-refractivity contribution in [1.82, 2.24) is 0 Å². The number of ether oxygens (including phenoxy) is 1. The van der Waals surface area contributed by atoms with Crippen LogP contribution in [-0.4, -0.2) is 32.6 Å². The van der Waals surface area contributed by atoms with Gasteiger partial charge in [0.25, 0.3) is 0 Å². The average molecular weight is 281 g/mol. The van der Waals surface area contributed by atoms with Crippen molar-refractivity contribution in [1.29, 1.82) is 0 Å². The number of halogens is 4. The predicted octanol–water partition coefficient (Wildman–Crippen LogP) is 2.45. The SMILES string of the molecule is COC1(C(F)(F)F)CCCCC1S(=O)(=O)Cl. The normalized spacial score (nSPS) is 32.7. The Labute approximate surface area is 96.3 Å². The molecule has 0 bridgehead atoms. The standard InChI is InChI=1S/C8H12ClF3O3S/c1-15-7(8(10,11)12)5-3-2-4-6(7)16(9,13)14/h6H,2-5H2,1H3. The molecule has 0 amide bonds. The fourth-order valence-electron chi connectivity index (χ4n) is 2.15. The number of rotatable bonds is 2. The second-order valence-corrected chi connectivity index (χ2v) is 6.61. The second kappa shape index (κ2) is 4.34. The van der Waals surface area contributed by atoms with Crippen molar-refractivity contribution in [2.24, 2.45) is 0 Å². The lowest BCUT2D eigenvalue weighted by molar-refractivity contribution is -0.277. The summed E-state index contributed by atoms with van der Waals surface area (Å²) < 4.78 is 65.7. The maximum Gasteiger partial charge on any atom is 0.418 e. The van der Waals surface area contributed by atoms with Crippen LogP contribution in [0.5, 0.6) is 0 Å². The van der Waals surface area contributed by atoms with E-state index in [1.165, 1.54) is 0 Å². The van der Waals surface area contributed by atoms with Gasteiger partial charge < -0.3 is 4.74 Å². The highest BCUT2D eigenvalue weighted by atomic mass is 35.7. The molecular weight excluding hydrogens is 269 g/mol. The van der Waals surface area contributed by atoms with Crippen molar-refractivity contribution in [3.05, 3.63) is 0 Å². The van der Waals surface area contributed by atoms with E-state index in [1.807, 2.05) is 0 Å². The van der Waals surface area contributed by atoms with E-state index in [-0.39, 0.29) is 19.3 Å². The van der Waals surface area contributed by atoms with Crippen molar-refractivity contribution in [2.75, 3.05) is 7.11 Å². The summed E-state index contributed by atoms with van der Waals surface area (Å²) in [5.41, 5.74) is -2.66. The first-order valence-corrected chi connectivity index (χ1v) is 7.08. The Hall–Kier alpha value is -0.0100. The highest BCUT2D eigenvalue weighted by Crippen LogP contribution is 2.47. The Morgan fingerprint density at radius 3 is 2.25 bits per heavy atom. The van der Waals surface area contributed by atoms with Crippen LogP contribution in [0, 0.1) is 0 Å². The second-order valence-electron chi connectivity index (χ2n) is 3.80. The van der Waals surface area contributed by atoms with Crippen molar-refractivity contribution in [2.45, 2.75) is 42.7 Å². The fourth-order valence-corrected chi connectivity index (χ4v) is 4.10. The molecule has 1 aliphatic rings. The summed E-state index contributed by atoms with van der Waals surface area (Å²) in [6.07, 6.45) is -4.56. The smallest absolute Gasteiger partial charge is 0.367 e. The van der Waals surface area contributed by atoms with Crippen molar-refractivity contribution in [3.63, 3.8) is 0 Å². The minimum absolute atomic E-state index is 0.126. The van der Waals surface area contributed by atoms with Crippen molar-refractivity contribution in [3.8, 4) is 0 Å². The van der Waals surface area contributed by atoms with Crippen LogP contribution in [0.2, 0.25) is 0 Å². The van der Waals surface area contributed by atoms with Gasteiger partial charge in [-0.25, -0.2) is 8.42 Å². The first-order valence-electron chi connectivity index (χ1n) is 4.70. The van der Waals surface area contributed by atoms with Crippen LogP contribution in [0.4, 0.5) is 13.2 Å². The summed E-state index contributed by atoms with van der Waals surface area (Å²) in [5.74, 6) is 0. The zero-order chi connectivity index (χ0) is 12.6. The third-order valence-corrected chi connectivity index (χ3v) is 4.91. The molecule has 0 aromatic carbocycles. The van der Waals surface area contributed by atoms with Crippen molar-refractivity contribution >= 4 is 19.7 Å². The maximum absolute atomic E-state index is 12.9. The van der Waals surface area contributed by atoms with Crippen LogP contribution in [0.15, 0.2) is 0 Å². The van der Waals surface area contributed by atoms with E-state index in [1.54, 1.807) is 0 Å². The van der Waals surface area contributed by atoms with Gasteiger partial charge in [0.05, 0.1) is 0 Å². The molecule has 0 spiro atoms. The Kier molecular flexibility index (Phi) is 3.81.